The number of likely N-dealkylation sites (tertiary alicyclic amines) is 1. The Hall–Kier alpha value is -4.16. The monoisotopic (exact) mass is 565 g/mol. The second-order valence-corrected chi connectivity index (χ2v) is 11.9. The third kappa shape index (κ3) is 5.51. The standard InChI is InChI=1S/C33H39N7O2/c1-4-31(41)40-17-16-39(20-25(40)12-14-34)32-28-13-15-38(30-11-7-9-24-8-5-6-10-27(24)30)21-29(28)35-33(36-32)42-22-26-18-23(2)19-37(26)3/h4-11,23,25-26H,1,12-13,15-22H2,2-3H3/t23-,25?,26-/m0/s1. The molecule has 3 aliphatic heterocycles. The Labute approximate surface area is 248 Å². The van der Waals surface area contributed by atoms with Gasteiger partial charge in [0.1, 0.15) is 12.4 Å². The largest absolute Gasteiger partial charge is 0.462 e. The van der Waals surface area contributed by atoms with Gasteiger partial charge in [-0.15, -0.1) is 0 Å². The molecule has 6 rings (SSSR count). The molecular weight excluding hydrogens is 526 g/mol. The molecule has 0 bridgehead atoms. The number of nitrogens with zero attached hydrogens (tertiary/aromatic N) is 7. The molecule has 3 atom stereocenters. The zero-order valence-electron chi connectivity index (χ0n) is 24.6. The number of carbonyl (C=O) groups excluding carboxylic acids is 1. The van der Waals surface area contributed by atoms with Crippen LogP contribution in [0.1, 0.15) is 31.0 Å². The highest BCUT2D eigenvalue weighted by molar-refractivity contribution is 5.94. The minimum Gasteiger partial charge on any atom is -0.462 e. The van der Waals surface area contributed by atoms with Crippen molar-refractivity contribution in [3.63, 3.8) is 0 Å². The van der Waals surface area contributed by atoms with Crippen LogP contribution in [0.5, 0.6) is 6.01 Å². The van der Waals surface area contributed by atoms with Crippen LogP contribution in [0.4, 0.5) is 11.5 Å². The number of aromatic nitrogens is 2. The van der Waals surface area contributed by atoms with Crippen LogP contribution in [0, 0.1) is 17.2 Å². The number of ether oxygens (including phenoxy) is 1. The summed E-state index contributed by atoms with van der Waals surface area (Å²) < 4.78 is 6.33. The first-order chi connectivity index (χ1) is 20.4. The van der Waals surface area contributed by atoms with Gasteiger partial charge in [-0.05, 0) is 43.3 Å². The summed E-state index contributed by atoms with van der Waals surface area (Å²) >= 11 is 0. The van der Waals surface area contributed by atoms with Gasteiger partial charge in [-0.1, -0.05) is 49.9 Å². The highest BCUT2D eigenvalue weighted by Crippen LogP contribution is 2.35. The number of hydrogen-bond donors (Lipinski definition) is 0. The van der Waals surface area contributed by atoms with E-state index in [0.29, 0.717) is 50.8 Å². The molecule has 218 valence electrons. The lowest BCUT2D eigenvalue weighted by molar-refractivity contribution is -0.128. The van der Waals surface area contributed by atoms with Gasteiger partial charge in [0.05, 0.1) is 30.8 Å². The molecule has 4 heterocycles. The number of piperazine rings is 1. The number of amides is 1. The van der Waals surface area contributed by atoms with Crippen molar-refractivity contribution < 1.29 is 9.53 Å². The predicted octanol–water partition coefficient (Wildman–Crippen LogP) is 4.03. The molecular formula is C33H39N7O2. The van der Waals surface area contributed by atoms with Crippen LogP contribution in [0.25, 0.3) is 10.8 Å². The molecule has 0 N–H and O–H groups in total. The summed E-state index contributed by atoms with van der Waals surface area (Å²) in [6.07, 6.45) is 3.49. The van der Waals surface area contributed by atoms with Crippen molar-refractivity contribution in [1.29, 1.82) is 5.26 Å². The second kappa shape index (κ2) is 12.0. The van der Waals surface area contributed by atoms with Crippen molar-refractivity contribution >= 4 is 28.2 Å². The van der Waals surface area contributed by atoms with Gasteiger partial charge in [-0.25, -0.2) is 0 Å². The molecule has 1 unspecified atom stereocenters. The Morgan fingerprint density at radius 1 is 1.10 bits per heavy atom. The highest BCUT2D eigenvalue weighted by Gasteiger charge is 2.34. The van der Waals surface area contributed by atoms with Crippen LogP contribution in [-0.2, 0) is 17.8 Å². The topological polar surface area (TPSA) is 88.8 Å². The highest BCUT2D eigenvalue weighted by atomic mass is 16.5. The van der Waals surface area contributed by atoms with E-state index in [9.17, 15) is 10.1 Å². The fourth-order valence-electron chi connectivity index (χ4n) is 6.87. The molecule has 1 amide bonds. The maximum absolute atomic E-state index is 12.5. The van der Waals surface area contributed by atoms with Crippen molar-refractivity contribution in [1.82, 2.24) is 19.8 Å². The molecule has 1 aromatic heterocycles. The summed E-state index contributed by atoms with van der Waals surface area (Å²) in [5.41, 5.74) is 3.31. The Bertz CT molecular complexity index is 1510. The number of hydrogen-bond acceptors (Lipinski definition) is 8. The third-order valence-electron chi connectivity index (χ3n) is 9.00. The van der Waals surface area contributed by atoms with E-state index < -0.39 is 0 Å². The number of rotatable bonds is 7. The number of nitriles is 1. The molecule has 0 spiro atoms. The Morgan fingerprint density at radius 3 is 2.71 bits per heavy atom. The molecule has 0 saturated carbocycles. The van der Waals surface area contributed by atoms with Crippen molar-refractivity contribution in [2.75, 3.05) is 56.2 Å². The van der Waals surface area contributed by atoms with E-state index in [0.717, 1.165) is 43.0 Å². The number of fused-ring (bicyclic) bond motifs is 2. The molecule has 3 aromatic rings. The average Bonchev–Trinajstić information content (AvgIpc) is 3.34. The third-order valence-corrected chi connectivity index (χ3v) is 9.00. The van der Waals surface area contributed by atoms with Crippen LogP contribution in [-0.4, -0.2) is 84.1 Å². The van der Waals surface area contributed by atoms with Gasteiger partial charge >= 0.3 is 6.01 Å². The van der Waals surface area contributed by atoms with E-state index in [4.69, 9.17) is 14.7 Å². The van der Waals surface area contributed by atoms with E-state index in [-0.39, 0.29) is 18.4 Å². The maximum atomic E-state index is 12.5. The van der Waals surface area contributed by atoms with Crippen molar-refractivity contribution in [3.05, 3.63) is 66.4 Å². The van der Waals surface area contributed by atoms with Gasteiger partial charge in [-0.2, -0.15) is 15.2 Å². The summed E-state index contributed by atoms with van der Waals surface area (Å²) in [6, 6.07) is 17.7. The molecule has 9 heteroatoms. The van der Waals surface area contributed by atoms with Crippen molar-refractivity contribution in [3.8, 4) is 12.1 Å². The van der Waals surface area contributed by atoms with E-state index >= 15 is 0 Å². The van der Waals surface area contributed by atoms with E-state index in [2.05, 4.69) is 83.8 Å². The summed E-state index contributed by atoms with van der Waals surface area (Å²) in [5, 5.41) is 12.0. The first-order valence-corrected chi connectivity index (χ1v) is 15.0. The molecule has 2 saturated heterocycles. The molecule has 2 fully saturated rings. The van der Waals surface area contributed by atoms with Crippen molar-refractivity contribution in [2.45, 2.75) is 44.8 Å². The number of benzene rings is 2. The van der Waals surface area contributed by atoms with Crippen LogP contribution in [0.15, 0.2) is 55.1 Å². The molecule has 0 radical (unpaired) electrons. The van der Waals surface area contributed by atoms with Gasteiger partial charge in [0, 0.05) is 55.4 Å². The predicted molar refractivity (Wildman–Crippen MR) is 165 cm³/mol. The first kappa shape index (κ1) is 28.0. The Morgan fingerprint density at radius 2 is 1.93 bits per heavy atom. The zero-order chi connectivity index (χ0) is 29.2. The van der Waals surface area contributed by atoms with Crippen LogP contribution < -0.4 is 14.5 Å². The van der Waals surface area contributed by atoms with Crippen LogP contribution >= 0.6 is 0 Å². The molecule has 0 aliphatic carbocycles. The molecule has 3 aliphatic rings. The second-order valence-electron chi connectivity index (χ2n) is 11.9. The first-order valence-electron chi connectivity index (χ1n) is 15.0. The van der Waals surface area contributed by atoms with Crippen LogP contribution in [0.2, 0.25) is 0 Å². The minimum absolute atomic E-state index is 0.135. The minimum atomic E-state index is -0.228. The van der Waals surface area contributed by atoms with Gasteiger partial charge < -0.3 is 19.4 Å². The molecule has 42 heavy (non-hydrogen) atoms. The lowest BCUT2D eigenvalue weighted by Crippen LogP contribution is -2.55. The smallest absolute Gasteiger partial charge is 0.318 e. The van der Waals surface area contributed by atoms with Gasteiger partial charge in [0.25, 0.3) is 0 Å². The lowest BCUT2D eigenvalue weighted by Gasteiger charge is -2.42. The zero-order valence-corrected chi connectivity index (χ0v) is 24.6. The summed E-state index contributed by atoms with van der Waals surface area (Å²) in [6.45, 7) is 10.7. The lowest BCUT2D eigenvalue weighted by atomic mass is 10.0. The Kier molecular flexibility index (Phi) is 7.98. The fraction of sp³-hybridized carbons (Fsp3) is 0.455. The van der Waals surface area contributed by atoms with Crippen LogP contribution in [0.3, 0.4) is 0 Å². The Balaban J connectivity index is 1.32. The summed E-state index contributed by atoms with van der Waals surface area (Å²) in [5.74, 6) is 1.38. The maximum Gasteiger partial charge on any atom is 0.318 e. The number of likely N-dealkylation sites (N-methyl/N-ethyl adjacent to an activating group) is 1. The fourth-order valence-corrected chi connectivity index (χ4v) is 6.87. The van der Waals surface area contributed by atoms with E-state index in [1.807, 2.05) is 0 Å². The molecule has 2 aromatic carbocycles. The normalized spacial score (nSPS) is 22.6. The summed E-state index contributed by atoms with van der Waals surface area (Å²) in [4.78, 5) is 31.3. The van der Waals surface area contributed by atoms with Gasteiger partial charge in [-0.3, -0.25) is 9.69 Å². The number of anilines is 2. The summed E-state index contributed by atoms with van der Waals surface area (Å²) in [7, 11) is 2.15. The SMILES string of the molecule is C=CC(=O)N1CCN(c2nc(OC[C@@H]3C[C@H](C)CN3C)nc3c2CCN(c2cccc4ccccc24)C3)CC1CC#N. The molecule has 9 nitrogen and oxygen atoms in total. The number of carbonyl (C=O) groups is 1. The van der Waals surface area contributed by atoms with E-state index in [1.165, 1.54) is 22.5 Å². The van der Waals surface area contributed by atoms with Gasteiger partial charge in [0.15, 0.2) is 0 Å². The average molecular weight is 566 g/mol. The van der Waals surface area contributed by atoms with Gasteiger partial charge in [0.2, 0.25) is 5.91 Å². The van der Waals surface area contributed by atoms with E-state index in [1.54, 1.807) is 4.90 Å². The van der Waals surface area contributed by atoms with Crippen molar-refractivity contribution in [2.24, 2.45) is 5.92 Å². The quantitative estimate of drug-likeness (QED) is 0.397.